The molecule has 2 rings (SSSR count). The minimum atomic E-state index is -0.294. The quantitative estimate of drug-likeness (QED) is 0.858. The minimum Gasteiger partial charge on any atom is -0.324 e. The molecule has 1 nitrogen and oxygen atoms in total. The summed E-state index contributed by atoms with van der Waals surface area (Å²) in [5.74, 6) is -0.184. The van der Waals surface area contributed by atoms with E-state index >= 15 is 0 Å². The first-order chi connectivity index (χ1) is 8.18. The molecule has 0 saturated heterocycles. The van der Waals surface area contributed by atoms with Crippen LogP contribution in [-0.2, 0) is 6.42 Å². The van der Waals surface area contributed by atoms with Gasteiger partial charge >= 0.3 is 0 Å². The van der Waals surface area contributed by atoms with Gasteiger partial charge in [0.15, 0.2) is 0 Å². The number of rotatable bonds is 3. The molecular weight excluding hydrogens is 213 g/mol. The number of aryl methyl sites for hydroxylation is 1. The van der Waals surface area contributed by atoms with Gasteiger partial charge in [-0.3, -0.25) is 0 Å². The monoisotopic (exact) mass is 229 g/mol. The second kappa shape index (κ2) is 5.11. The van der Waals surface area contributed by atoms with Crippen molar-refractivity contribution < 1.29 is 4.39 Å². The number of nitrogens with two attached hydrogens (primary N) is 1. The van der Waals surface area contributed by atoms with Crippen LogP contribution in [0.15, 0.2) is 48.5 Å². The molecule has 0 amide bonds. The van der Waals surface area contributed by atoms with Crippen molar-refractivity contribution in [3.63, 3.8) is 0 Å². The van der Waals surface area contributed by atoms with Crippen LogP contribution in [0.1, 0.15) is 22.7 Å². The lowest BCUT2D eigenvalue weighted by atomic mass is 9.98. The predicted molar refractivity (Wildman–Crippen MR) is 68.2 cm³/mol. The van der Waals surface area contributed by atoms with E-state index in [4.69, 9.17) is 5.73 Å². The third-order valence-electron chi connectivity index (χ3n) is 2.92. The Balaban J connectivity index is 2.20. The van der Waals surface area contributed by atoms with E-state index in [1.165, 1.54) is 0 Å². The Bertz CT molecular complexity index is 494. The fourth-order valence-electron chi connectivity index (χ4n) is 1.93. The fraction of sp³-hybridized carbons (Fsp3) is 0.200. The molecule has 0 fully saturated rings. The highest BCUT2D eigenvalue weighted by Gasteiger charge is 2.13. The van der Waals surface area contributed by atoms with Crippen molar-refractivity contribution in [1.29, 1.82) is 0 Å². The summed E-state index contributed by atoms with van der Waals surface area (Å²) in [6, 6.07) is 15.0. The first-order valence-corrected chi connectivity index (χ1v) is 5.73. The van der Waals surface area contributed by atoms with Crippen LogP contribution in [0.2, 0.25) is 0 Å². The van der Waals surface area contributed by atoms with E-state index < -0.39 is 0 Å². The number of hydrogen-bond acceptors (Lipinski definition) is 1. The van der Waals surface area contributed by atoms with Crippen molar-refractivity contribution in [2.75, 3.05) is 0 Å². The number of halogens is 1. The lowest BCUT2D eigenvalue weighted by Gasteiger charge is -2.14. The highest BCUT2D eigenvalue weighted by molar-refractivity contribution is 5.29. The van der Waals surface area contributed by atoms with Crippen LogP contribution in [-0.4, -0.2) is 0 Å². The van der Waals surface area contributed by atoms with Gasteiger partial charge in [0.05, 0.1) is 0 Å². The Hall–Kier alpha value is -1.67. The molecule has 0 aliphatic heterocycles. The van der Waals surface area contributed by atoms with Crippen molar-refractivity contribution in [3.8, 4) is 0 Å². The Morgan fingerprint density at radius 3 is 2.47 bits per heavy atom. The molecular formula is C15H16FN. The fourth-order valence-corrected chi connectivity index (χ4v) is 1.93. The van der Waals surface area contributed by atoms with E-state index in [9.17, 15) is 4.39 Å². The van der Waals surface area contributed by atoms with Crippen molar-refractivity contribution in [1.82, 2.24) is 0 Å². The molecule has 0 bridgehead atoms. The average molecular weight is 229 g/mol. The van der Waals surface area contributed by atoms with Crippen LogP contribution in [0, 0.1) is 12.7 Å². The molecule has 0 saturated carbocycles. The summed E-state index contributed by atoms with van der Waals surface area (Å²) in [7, 11) is 0. The molecule has 1 unspecified atom stereocenters. The van der Waals surface area contributed by atoms with E-state index in [0.717, 1.165) is 5.56 Å². The van der Waals surface area contributed by atoms with E-state index in [0.29, 0.717) is 17.5 Å². The normalized spacial score (nSPS) is 12.4. The largest absolute Gasteiger partial charge is 0.324 e. The molecule has 17 heavy (non-hydrogen) atoms. The van der Waals surface area contributed by atoms with Crippen LogP contribution in [0.25, 0.3) is 0 Å². The van der Waals surface area contributed by atoms with Crippen molar-refractivity contribution in [3.05, 3.63) is 71.0 Å². The summed E-state index contributed by atoms with van der Waals surface area (Å²) in [4.78, 5) is 0. The highest BCUT2D eigenvalue weighted by atomic mass is 19.1. The van der Waals surface area contributed by atoms with Gasteiger partial charge in [-0.15, -0.1) is 0 Å². The molecule has 2 N–H and O–H groups in total. The van der Waals surface area contributed by atoms with Crippen molar-refractivity contribution >= 4 is 0 Å². The van der Waals surface area contributed by atoms with Crippen LogP contribution in [0.5, 0.6) is 0 Å². The molecule has 0 aliphatic rings. The van der Waals surface area contributed by atoms with Crippen LogP contribution in [0.3, 0.4) is 0 Å². The van der Waals surface area contributed by atoms with Gasteiger partial charge < -0.3 is 5.73 Å². The van der Waals surface area contributed by atoms with Gasteiger partial charge in [0, 0.05) is 11.6 Å². The lowest BCUT2D eigenvalue weighted by Crippen LogP contribution is -2.15. The zero-order chi connectivity index (χ0) is 12.3. The van der Waals surface area contributed by atoms with Crippen LogP contribution in [0.4, 0.5) is 4.39 Å². The van der Waals surface area contributed by atoms with Gasteiger partial charge in [-0.1, -0.05) is 48.5 Å². The summed E-state index contributed by atoms with van der Waals surface area (Å²) in [5.41, 5.74) is 8.42. The molecule has 0 spiro atoms. The minimum absolute atomic E-state index is 0.184. The molecule has 0 radical (unpaired) electrons. The number of benzene rings is 2. The topological polar surface area (TPSA) is 26.0 Å². The summed E-state index contributed by atoms with van der Waals surface area (Å²) >= 11 is 0. The standard InChI is InChI=1S/C15H16FN/c1-11-6-5-9-13(15(11)16)14(17)10-12-7-3-2-4-8-12/h2-9,14H,10,17H2,1H3. The Morgan fingerprint density at radius 2 is 1.76 bits per heavy atom. The summed E-state index contributed by atoms with van der Waals surface area (Å²) in [5, 5.41) is 0. The van der Waals surface area contributed by atoms with Crippen molar-refractivity contribution in [2.24, 2.45) is 5.73 Å². The van der Waals surface area contributed by atoms with Gasteiger partial charge in [-0.05, 0) is 24.5 Å². The Labute approximate surface area is 101 Å². The molecule has 2 aromatic rings. The second-order valence-corrected chi connectivity index (χ2v) is 4.27. The zero-order valence-electron chi connectivity index (χ0n) is 9.86. The average Bonchev–Trinajstić information content (AvgIpc) is 2.34. The van der Waals surface area contributed by atoms with Crippen molar-refractivity contribution in [2.45, 2.75) is 19.4 Å². The summed E-state index contributed by atoms with van der Waals surface area (Å²) < 4.78 is 13.9. The smallest absolute Gasteiger partial charge is 0.130 e. The van der Waals surface area contributed by atoms with Crippen LogP contribution < -0.4 is 5.73 Å². The Morgan fingerprint density at radius 1 is 1.06 bits per heavy atom. The molecule has 2 aromatic carbocycles. The van der Waals surface area contributed by atoms with E-state index in [1.54, 1.807) is 19.1 Å². The summed E-state index contributed by atoms with van der Waals surface area (Å²) in [6.07, 6.45) is 0.654. The highest BCUT2D eigenvalue weighted by Crippen LogP contribution is 2.21. The molecule has 1 atom stereocenters. The van der Waals surface area contributed by atoms with Gasteiger partial charge in [0.25, 0.3) is 0 Å². The van der Waals surface area contributed by atoms with Crippen LogP contribution >= 0.6 is 0 Å². The molecule has 88 valence electrons. The molecule has 0 aliphatic carbocycles. The first kappa shape index (κ1) is 11.8. The predicted octanol–water partition coefficient (Wildman–Crippen LogP) is 3.38. The van der Waals surface area contributed by atoms with Gasteiger partial charge in [-0.2, -0.15) is 0 Å². The maximum atomic E-state index is 13.9. The van der Waals surface area contributed by atoms with Gasteiger partial charge in [0.2, 0.25) is 0 Å². The molecule has 0 heterocycles. The number of hydrogen-bond donors (Lipinski definition) is 1. The Kier molecular flexibility index (Phi) is 3.55. The summed E-state index contributed by atoms with van der Waals surface area (Å²) in [6.45, 7) is 1.76. The third-order valence-corrected chi connectivity index (χ3v) is 2.92. The van der Waals surface area contributed by atoms with Gasteiger partial charge in [-0.25, -0.2) is 4.39 Å². The SMILES string of the molecule is Cc1cccc(C(N)Cc2ccccc2)c1F. The maximum Gasteiger partial charge on any atom is 0.130 e. The zero-order valence-corrected chi connectivity index (χ0v) is 9.86. The second-order valence-electron chi connectivity index (χ2n) is 4.27. The third kappa shape index (κ3) is 2.71. The lowest BCUT2D eigenvalue weighted by molar-refractivity contribution is 0.573. The molecule has 2 heteroatoms. The maximum absolute atomic E-state index is 13.9. The van der Waals surface area contributed by atoms with E-state index in [-0.39, 0.29) is 11.9 Å². The molecule has 0 aromatic heterocycles. The van der Waals surface area contributed by atoms with E-state index in [2.05, 4.69) is 0 Å². The first-order valence-electron chi connectivity index (χ1n) is 5.73. The van der Waals surface area contributed by atoms with Gasteiger partial charge in [0.1, 0.15) is 5.82 Å². The van der Waals surface area contributed by atoms with E-state index in [1.807, 2.05) is 36.4 Å².